The van der Waals surface area contributed by atoms with Crippen molar-refractivity contribution in [1.82, 2.24) is 5.32 Å². The van der Waals surface area contributed by atoms with E-state index in [0.29, 0.717) is 12.8 Å². The van der Waals surface area contributed by atoms with E-state index < -0.39 is 17.7 Å². The molecule has 1 saturated carbocycles. The summed E-state index contributed by atoms with van der Waals surface area (Å²) in [5.41, 5.74) is 1.37. The van der Waals surface area contributed by atoms with Crippen molar-refractivity contribution >= 4 is 23.7 Å². The molecule has 0 radical (unpaired) electrons. The third-order valence-electron chi connectivity index (χ3n) is 4.66. The number of hydrogen-bond acceptors (Lipinski definition) is 4. The number of amides is 2. The lowest BCUT2D eigenvalue weighted by Gasteiger charge is -2.19. The molecule has 2 amide bonds. The summed E-state index contributed by atoms with van der Waals surface area (Å²) in [5, 5.41) is 14.4. The average molecular weight is 405 g/mol. The summed E-state index contributed by atoms with van der Waals surface area (Å²) in [7, 11) is 0. The van der Waals surface area contributed by atoms with Crippen LogP contribution in [-0.2, 0) is 14.3 Å². The molecular weight excluding hydrogens is 372 g/mol. The highest BCUT2D eigenvalue weighted by molar-refractivity contribution is 5.90. The van der Waals surface area contributed by atoms with Crippen molar-refractivity contribution in [3.63, 3.8) is 0 Å². The van der Waals surface area contributed by atoms with Gasteiger partial charge in [0.25, 0.3) is 0 Å². The molecule has 7 heteroatoms. The van der Waals surface area contributed by atoms with Crippen molar-refractivity contribution < 1.29 is 24.2 Å². The summed E-state index contributed by atoms with van der Waals surface area (Å²) < 4.78 is 5.28. The maximum atomic E-state index is 12.0. The molecule has 1 aromatic carbocycles. The van der Waals surface area contributed by atoms with Crippen molar-refractivity contribution in [3.05, 3.63) is 29.8 Å². The van der Waals surface area contributed by atoms with E-state index in [1.54, 1.807) is 0 Å². The Hall–Kier alpha value is -2.57. The Kier molecular flexibility index (Phi) is 8.05. The molecule has 0 heterocycles. The summed E-state index contributed by atoms with van der Waals surface area (Å²) in [6.07, 6.45) is 4.20. The van der Waals surface area contributed by atoms with Crippen LogP contribution in [0.25, 0.3) is 0 Å². The second-order valence-corrected chi connectivity index (χ2v) is 8.57. The zero-order valence-corrected chi connectivity index (χ0v) is 17.5. The molecule has 0 saturated heterocycles. The molecule has 1 fully saturated rings. The third-order valence-corrected chi connectivity index (χ3v) is 4.66. The van der Waals surface area contributed by atoms with Gasteiger partial charge in [0.1, 0.15) is 5.60 Å². The van der Waals surface area contributed by atoms with Gasteiger partial charge in [-0.05, 0) is 57.7 Å². The number of rotatable bonds is 10. The lowest BCUT2D eigenvalue weighted by Crippen LogP contribution is -2.34. The molecule has 3 N–H and O–H groups in total. The zero-order chi connectivity index (χ0) is 21.4. The Balaban J connectivity index is 1.67. The second kappa shape index (κ2) is 10.3. The molecule has 160 valence electrons. The average Bonchev–Trinajstić information content (AvgIpc) is 3.35. The number of anilines is 1. The molecule has 0 aromatic heterocycles. The van der Waals surface area contributed by atoms with E-state index in [-0.39, 0.29) is 24.3 Å². The van der Waals surface area contributed by atoms with Gasteiger partial charge < -0.3 is 20.5 Å². The monoisotopic (exact) mass is 404 g/mol. The Bertz CT molecular complexity index is 709. The lowest BCUT2D eigenvalue weighted by atomic mass is 10.1. The van der Waals surface area contributed by atoms with Crippen molar-refractivity contribution in [2.24, 2.45) is 0 Å². The standard InChI is InChI=1S/C22H32N2O5/c1-22(2,3)29-21(28)24-18-14-17(18)15-10-12-16(13-11-15)23-19(25)8-6-4-5-7-9-20(26)27/h10-13,17-18H,4-9,14H2,1-3H3,(H,23,25)(H,24,28)(H,26,27). The smallest absolute Gasteiger partial charge is 0.407 e. The summed E-state index contributed by atoms with van der Waals surface area (Å²) in [5.74, 6) is -0.533. The van der Waals surface area contributed by atoms with Gasteiger partial charge in [-0.25, -0.2) is 4.79 Å². The van der Waals surface area contributed by atoms with Crippen LogP contribution in [0.5, 0.6) is 0 Å². The fourth-order valence-electron chi connectivity index (χ4n) is 3.13. The molecule has 1 aromatic rings. The Morgan fingerprint density at radius 2 is 1.66 bits per heavy atom. The van der Waals surface area contributed by atoms with Gasteiger partial charge in [-0.2, -0.15) is 0 Å². The Morgan fingerprint density at radius 1 is 1.03 bits per heavy atom. The molecule has 2 atom stereocenters. The molecule has 1 aliphatic carbocycles. The predicted molar refractivity (Wildman–Crippen MR) is 111 cm³/mol. The molecule has 29 heavy (non-hydrogen) atoms. The number of unbranched alkanes of at least 4 members (excludes halogenated alkanes) is 3. The fourth-order valence-corrected chi connectivity index (χ4v) is 3.13. The SMILES string of the molecule is CC(C)(C)OC(=O)NC1CC1c1ccc(NC(=O)CCCCCCC(=O)O)cc1. The number of hydrogen-bond donors (Lipinski definition) is 3. The summed E-state index contributed by atoms with van der Waals surface area (Å²) in [6.45, 7) is 5.51. The number of alkyl carbamates (subject to hydrolysis) is 1. The van der Waals surface area contributed by atoms with Crippen LogP contribution in [0.2, 0.25) is 0 Å². The number of carbonyl (C=O) groups excluding carboxylic acids is 2. The predicted octanol–water partition coefficient (Wildman–Crippen LogP) is 4.43. The van der Waals surface area contributed by atoms with Crippen molar-refractivity contribution in [2.75, 3.05) is 5.32 Å². The second-order valence-electron chi connectivity index (χ2n) is 8.57. The van der Waals surface area contributed by atoms with E-state index in [2.05, 4.69) is 10.6 Å². The molecule has 2 rings (SSSR count). The fraction of sp³-hybridized carbons (Fsp3) is 0.591. The van der Waals surface area contributed by atoms with Gasteiger partial charge in [0.15, 0.2) is 0 Å². The molecule has 0 bridgehead atoms. The molecule has 7 nitrogen and oxygen atoms in total. The van der Waals surface area contributed by atoms with E-state index in [1.807, 2.05) is 45.0 Å². The minimum Gasteiger partial charge on any atom is -0.481 e. The Labute approximate surface area is 172 Å². The number of benzene rings is 1. The van der Waals surface area contributed by atoms with Crippen LogP contribution in [0.15, 0.2) is 24.3 Å². The number of carboxylic acid groups (broad SMARTS) is 1. The van der Waals surface area contributed by atoms with E-state index in [1.165, 1.54) is 0 Å². The van der Waals surface area contributed by atoms with Gasteiger partial charge in [-0.15, -0.1) is 0 Å². The van der Waals surface area contributed by atoms with E-state index in [9.17, 15) is 14.4 Å². The lowest BCUT2D eigenvalue weighted by molar-refractivity contribution is -0.137. The van der Waals surface area contributed by atoms with Crippen molar-refractivity contribution in [2.45, 2.75) is 83.3 Å². The summed E-state index contributed by atoms with van der Waals surface area (Å²) >= 11 is 0. The van der Waals surface area contributed by atoms with Crippen LogP contribution in [0.4, 0.5) is 10.5 Å². The van der Waals surface area contributed by atoms with Crippen LogP contribution in [0.3, 0.4) is 0 Å². The first-order valence-electron chi connectivity index (χ1n) is 10.2. The van der Waals surface area contributed by atoms with Crippen LogP contribution >= 0.6 is 0 Å². The maximum absolute atomic E-state index is 12.0. The van der Waals surface area contributed by atoms with Gasteiger partial charge in [0.2, 0.25) is 5.91 Å². The highest BCUT2D eigenvalue weighted by atomic mass is 16.6. The minimum atomic E-state index is -0.774. The summed E-state index contributed by atoms with van der Waals surface area (Å²) in [4.78, 5) is 34.3. The number of aliphatic carboxylic acids is 1. The van der Waals surface area contributed by atoms with Gasteiger partial charge >= 0.3 is 12.1 Å². The molecule has 2 unspecified atom stereocenters. The zero-order valence-electron chi connectivity index (χ0n) is 17.5. The first-order chi connectivity index (χ1) is 13.6. The van der Waals surface area contributed by atoms with E-state index in [4.69, 9.17) is 9.84 Å². The van der Waals surface area contributed by atoms with Gasteiger partial charge in [0.05, 0.1) is 0 Å². The molecule has 0 aliphatic heterocycles. The van der Waals surface area contributed by atoms with Gasteiger partial charge in [-0.1, -0.05) is 25.0 Å². The van der Waals surface area contributed by atoms with Gasteiger partial charge in [0, 0.05) is 30.5 Å². The molecule has 0 spiro atoms. The minimum absolute atomic E-state index is 0.0353. The van der Waals surface area contributed by atoms with Crippen molar-refractivity contribution in [1.29, 1.82) is 0 Å². The number of ether oxygens (including phenoxy) is 1. The number of carboxylic acids is 1. The maximum Gasteiger partial charge on any atom is 0.407 e. The normalized spacial score (nSPS) is 18.0. The highest BCUT2D eigenvalue weighted by Gasteiger charge is 2.40. The van der Waals surface area contributed by atoms with Crippen LogP contribution in [0.1, 0.15) is 77.2 Å². The topological polar surface area (TPSA) is 105 Å². The Morgan fingerprint density at radius 3 is 2.24 bits per heavy atom. The quantitative estimate of drug-likeness (QED) is 0.500. The van der Waals surface area contributed by atoms with Crippen molar-refractivity contribution in [3.8, 4) is 0 Å². The van der Waals surface area contributed by atoms with E-state index >= 15 is 0 Å². The number of carbonyl (C=O) groups is 3. The van der Waals surface area contributed by atoms with Gasteiger partial charge in [-0.3, -0.25) is 9.59 Å². The summed E-state index contributed by atoms with van der Waals surface area (Å²) in [6, 6.07) is 7.80. The third kappa shape index (κ3) is 8.98. The van der Waals surface area contributed by atoms with E-state index in [0.717, 1.165) is 36.9 Å². The first kappa shape index (κ1) is 22.7. The van der Waals surface area contributed by atoms with Crippen LogP contribution < -0.4 is 10.6 Å². The molecular formula is C22H32N2O5. The highest BCUT2D eigenvalue weighted by Crippen LogP contribution is 2.41. The van der Waals surface area contributed by atoms with Crippen LogP contribution in [-0.4, -0.2) is 34.7 Å². The van der Waals surface area contributed by atoms with Crippen LogP contribution in [0, 0.1) is 0 Å². The first-order valence-corrected chi connectivity index (χ1v) is 10.2. The largest absolute Gasteiger partial charge is 0.481 e. The number of nitrogens with one attached hydrogen (secondary N) is 2. The molecule has 1 aliphatic rings.